The largest absolute Gasteiger partial charge is 0.305 e. The summed E-state index contributed by atoms with van der Waals surface area (Å²) in [4.78, 5) is 13.8. The summed E-state index contributed by atoms with van der Waals surface area (Å²) in [5.74, 6) is 0. The zero-order valence-electron chi connectivity index (χ0n) is 18.7. The lowest BCUT2D eigenvalue weighted by atomic mass is 9.94. The van der Waals surface area contributed by atoms with Gasteiger partial charge in [0.1, 0.15) is 0 Å². The van der Waals surface area contributed by atoms with E-state index in [9.17, 15) is 9.36 Å². The summed E-state index contributed by atoms with van der Waals surface area (Å²) in [7, 11) is -3.59. The minimum atomic E-state index is -3.59. The SMILES string of the molecule is Cc1cc(C)c(Cc2ccccc2P(=O)(C(=O)c2ccccc2)c2ccccc2)c(C)c1. The van der Waals surface area contributed by atoms with Gasteiger partial charge in [0, 0.05) is 16.2 Å². The normalized spacial score (nSPS) is 12.8. The fourth-order valence-electron chi connectivity index (χ4n) is 4.41. The lowest BCUT2D eigenvalue weighted by molar-refractivity contribution is 0.107. The number of hydrogen-bond donors (Lipinski definition) is 0. The first kappa shape index (κ1) is 22.0. The molecule has 160 valence electrons. The Labute approximate surface area is 190 Å². The summed E-state index contributed by atoms with van der Waals surface area (Å²) in [6.45, 7) is 6.33. The van der Waals surface area contributed by atoms with Gasteiger partial charge in [0.25, 0.3) is 0 Å². The van der Waals surface area contributed by atoms with E-state index < -0.39 is 7.14 Å². The van der Waals surface area contributed by atoms with Crippen molar-refractivity contribution in [1.29, 1.82) is 0 Å². The van der Waals surface area contributed by atoms with E-state index in [0.717, 1.165) is 5.56 Å². The molecule has 2 nitrogen and oxygen atoms in total. The predicted octanol–water partition coefficient (Wildman–Crippen LogP) is 6.36. The van der Waals surface area contributed by atoms with E-state index >= 15 is 0 Å². The van der Waals surface area contributed by atoms with Crippen molar-refractivity contribution in [2.75, 3.05) is 0 Å². The van der Waals surface area contributed by atoms with Crippen molar-refractivity contribution >= 4 is 23.3 Å². The first-order valence-corrected chi connectivity index (χ1v) is 12.5. The van der Waals surface area contributed by atoms with Crippen molar-refractivity contribution in [3.05, 3.63) is 130 Å². The molecule has 0 bridgehead atoms. The van der Waals surface area contributed by atoms with Crippen LogP contribution in [0.3, 0.4) is 0 Å². The second kappa shape index (κ2) is 9.10. The molecule has 0 aliphatic heterocycles. The van der Waals surface area contributed by atoms with E-state index in [-0.39, 0.29) is 5.52 Å². The molecule has 0 amide bonds. The van der Waals surface area contributed by atoms with Gasteiger partial charge in [0.2, 0.25) is 12.7 Å². The quantitative estimate of drug-likeness (QED) is 0.329. The molecule has 0 saturated heterocycles. The maximum absolute atomic E-state index is 14.8. The number of benzene rings is 4. The first-order chi connectivity index (χ1) is 15.4. The zero-order chi connectivity index (χ0) is 22.7. The van der Waals surface area contributed by atoms with E-state index in [2.05, 4.69) is 32.9 Å². The maximum atomic E-state index is 14.8. The molecule has 0 aliphatic rings. The Kier molecular flexibility index (Phi) is 6.26. The molecule has 0 saturated carbocycles. The summed E-state index contributed by atoms with van der Waals surface area (Å²) in [5.41, 5.74) is 5.94. The Morgan fingerprint density at radius 3 is 1.88 bits per heavy atom. The second-order valence-corrected chi connectivity index (χ2v) is 10.9. The molecule has 4 aromatic carbocycles. The highest BCUT2D eigenvalue weighted by Gasteiger charge is 2.38. The van der Waals surface area contributed by atoms with Gasteiger partial charge in [-0.3, -0.25) is 4.79 Å². The van der Waals surface area contributed by atoms with Gasteiger partial charge in [-0.1, -0.05) is 103 Å². The third kappa shape index (κ3) is 4.11. The van der Waals surface area contributed by atoms with E-state index in [1.807, 2.05) is 60.7 Å². The van der Waals surface area contributed by atoms with Gasteiger partial charge in [-0.2, -0.15) is 0 Å². The molecule has 32 heavy (non-hydrogen) atoms. The van der Waals surface area contributed by atoms with Gasteiger partial charge in [0.15, 0.2) is 0 Å². The Morgan fingerprint density at radius 1 is 0.719 bits per heavy atom. The third-order valence-electron chi connectivity index (χ3n) is 5.97. The van der Waals surface area contributed by atoms with Crippen LogP contribution >= 0.6 is 7.14 Å². The molecule has 4 rings (SSSR count). The Hall–Kier alpha value is -3.22. The van der Waals surface area contributed by atoms with Gasteiger partial charge < -0.3 is 4.57 Å². The van der Waals surface area contributed by atoms with Crippen LogP contribution in [0, 0.1) is 20.8 Å². The van der Waals surface area contributed by atoms with Crippen molar-refractivity contribution in [1.82, 2.24) is 0 Å². The van der Waals surface area contributed by atoms with Crippen LogP contribution in [0.15, 0.2) is 97.1 Å². The number of carbonyl (C=O) groups excluding carboxylic acids is 1. The highest BCUT2D eigenvalue weighted by molar-refractivity contribution is 7.93. The van der Waals surface area contributed by atoms with Crippen molar-refractivity contribution in [3.63, 3.8) is 0 Å². The summed E-state index contributed by atoms with van der Waals surface area (Å²) >= 11 is 0. The lowest BCUT2D eigenvalue weighted by Crippen LogP contribution is -2.25. The fraction of sp³-hybridized carbons (Fsp3) is 0.138. The molecule has 0 aromatic heterocycles. The van der Waals surface area contributed by atoms with Crippen LogP contribution in [-0.2, 0) is 11.0 Å². The highest BCUT2D eigenvalue weighted by atomic mass is 31.2. The third-order valence-corrected chi connectivity index (χ3v) is 8.94. The van der Waals surface area contributed by atoms with Crippen LogP contribution in [0.2, 0.25) is 0 Å². The van der Waals surface area contributed by atoms with Gasteiger partial charge in [-0.25, -0.2) is 0 Å². The van der Waals surface area contributed by atoms with E-state index in [1.165, 1.54) is 22.3 Å². The molecule has 0 heterocycles. The molecule has 0 radical (unpaired) electrons. The minimum absolute atomic E-state index is 0.325. The molecule has 0 fully saturated rings. The average molecular weight is 439 g/mol. The Balaban J connectivity index is 1.91. The van der Waals surface area contributed by atoms with Gasteiger partial charge in [-0.05, 0) is 49.4 Å². The number of hydrogen-bond acceptors (Lipinski definition) is 2. The molecule has 1 atom stereocenters. The molecular formula is C29H27O2P. The van der Waals surface area contributed by atoms with Crippen LogP contribution in [0.1, 0.15) is 38.2 Å². The molecule has 1 unspecified atom stereocenters. The average Bonchev–Trinajstić information content (AvgIpc) is 2.82. The molecule has 3 heteroatoms. The molecule has 4 aromatic rings. The summed E-state index contributed by atoms with van der Waals surface area (Å²) in [6.07, 6.45) is 0.632. The predicted molar refractivity (Wildman–Crippen MR) is 134 cm³/mol. The monoisotopic (exact) mass is 438 g/mol. The first-order valence-electron chi connectivity index (χ1n) is 10.8. The molecule has 0 N–H and O–H groups in total. The van der Waals surface area contributed by atoms with Gasteiger partial charge in [0.05, 0.1) is 0 Å². The summed E-state index contributed by atoms with van der Waals surface area (Å²) < 4.78 is 14.8. The van der Waals surface area contributed by atoms with Crippen LogP contribution in [0.5, 0.6) is 0 Å². The van der Waals surface area contributed by atoms with Gasteiger partial charge >= 0.3 is 0 Å². The van der Waals surface area contributed by atoms with Gasteiger partial charge in [-0.15, -0.1) is 0 Å². The van der Waals surface area contributed by atoms with Crippen molar-refractivity contribution in [2.45, 2.75) is 27.2 Å². The molecular weight excluding hydrogens is 411 g/mol. The minimum Gasteiger partial charge on any atom is -0.305 e. The Bertz CT molecular complexity index is 1280. The van der Waals surface area contributed by atoms with Crippen molar-refractivity contribution in [2.24, 2.45) is 0 Å². The molecule has 0 aliphatic carbocycles. The molecule has 0 spiro atoms. The van der Waals surface area contributed by atoms with Crippen molar-refractivity contribution in [3.8, 4) is 0 Å². The van der Waals surface area contributed by atoms with E-state index in [0.29, 0.717) is 22.6 Å². The number of carbonyl (C=O) groups is 1. The van der Waals surface area contributed by atoms with E-state index in [4.69, 9.17) is 0 Å². The van der Waals surface area contributed by atoms with Crippen LogP contribution in [0.25, 0.3) is 0 Å². The van der Waals surface area contributed by atoms with Crippen molar-refractivity contribution < 1.29 is 9.36 Å². The lowest BCUT2D eigenvalue weighted by Gasteiger charge is -2.22. The van der Waals surface area contributed by atoms with Crippen LogP contribution in [0.4, 0.5) is 0 Å². The standard InChI is InChI=1S/C29H27O2P/c1-21-18-22(2)27(23(3)19-21)20-25-14-10-11-17-28(25)32(31,26-15-8-5-9-16-26)29(30)24-12-6-4-7-13-24/h4-19H,20H2,1-3H3. The highest BCUT2D eigenvalue weighted by Crippen LogP contribution is 2.48. The number of aryl methyl sites for hydroxylation is 3. The number of rotatable bonds is 6. The summed E-state index contributed by atoms with van der Waals surface area (Å²) in [6, 6.07) is 30.2. The Morgan fingerprint density at radius 2 is 1.25 bits per heavy atom. The maximum Gasteiger partial charge on any atom is 0.230 e. The topological polar surface area (TPSA) is 34.1 Å². The smallest absolute Gasteiger partial charge is 0.230 e. The van der Waals surface area contributed by atoms with Crippen LogP contribution in [-0.4, -0.2) is 5.52 Å². The second-order valence-electron chi connectivity index (χ2n) is 8.30. The fourth-order valence-corrected chi connectivity index (χ4v) is 7.10. The van der Waals surface area contributed by atoms with Crippen LogP contribution < -0.4 is 10.6 Å². The summed E-state index contributed by atoms with van der Waals surface area (Å²) in [5, 5.41) is 1.19. The zero-order valence-corrected chi connectivity index (χ0v) is 19.6. The van der Waals surface area contributed by atoms with E-state index in [1.54, 1.807) is 24.3 Å².